The van der Waals surface area contributed by atoms with Gasteiger partial charge in [-0.05, 0) is 12.5 Å². The summed E-state index contributed by atoms with van der Waals surface area (Å²) in [5.74, 6) is 0. The number of aromatic nitrogens is 2. The largest absolute Gasteiger partial charge is 0.278 e. The zero-order chi connectivity index (χ0) is 11.3. The summed E-state index contributed by atoms with van der Waals surface area (Å²) in [7, 11) is 0. The summed E-state index contributed by atoms with van der Waals surface area (Å²) in [4.78, 5) is 0. The van der Waals surface area contributed by atoms with E-state index in [4.69, 9.17) is 0 Å². The number of allylic oxidation sites excluding steroid dienone is 2. The molecule has 0 saturated carbocycles. The van der Waals surface area contributed by atoms with Crippen molar-refractivity contribution in [2.75, 3.05) is 0 Å². The SMILES string of the molecule is CC.CCC1(C)C=Cc2cn[nH]c2C=C1. The second kappa shape index (κ2) is 4.96. The molecule has 1 atom stereocenters. The molecule has 1 heterocycles. The van der Waals surface area contributed by atoms with E-state index in [1.807, 2.05) is 20.0 Å². The minimum atomic E-state index is 0.194. The van der Waals surface area contributed by atoms with Crippen molar-refractivity contribution in [3.05, 3.63) is 29.6 Å². The minimum absolute atomic E-state index is 0.194. The molecule has 1 aliphatic carbocycles. The molecule has 0 radical (unpaired) electrons. The molecule has 0 saturated heterocycles. The van der Waals surface area contributed by atoms with Gasteiger partial charge in [0.1, 0.15) is 0 Å². The van der Waals surface area contributed by atoms with Crippen molar-refractivity contribution >= 4 is 12.2 Å². The molecule has 1 aromatic rings. The molecule has 0 amide bonds. The molecule has 0 spiro atoms. The first-order valence-electron chi connectivity index (χ1n) is 5.65. The number of fused-ring (bicyclic) bond motifs is 1. The predicted octanol–water partition coefficient (Wildman–Crippen LogP) is 3.89. The second-order valence-corrected chi connectivity index (χ2v) is 3.77. The van der Waals surface area contributed by atoms with E-state index in [1.165, 1.54) is 5.56 Å². The third-order valence-electron chi connectivity index (χ3n) is 2.74. The van der Waals surface area contributed by atoms with E-state index in [9.17, 15) is 0 Å². The fourth-order valence-corrected chi connectivity index (χ4v) is 1.42. The lowest BCUT2D eigenvalue weighted by molar-refractivity contribution is 0.536. The zero-order valence-electron chi connectivity index (χ0n) is 10.0. The summed E-state index contributed by atoms with van der Waals surface area (Å²) in [6, 6.07) is 0. The number of H-pyrrole nitrogens is 1. The fourth-order valence-electron chi connectivity index (χ4n) is 1.42. The first-order valence-corrected chi connectivity index (χ1v) is 5.65. The number of hydrogen-bond acceptors (Lipinski definition) is 1. The van der Waals surface area contributed by atoms with E-state index in [2.05, 4.69) is 48.3 Å². The van der Waals surface area contributed by atoms with Crippen LogP contribution in [0.5, 0.6) is 0 Å². The van der Waals surface area contributed by atoms with Gasteiger partial charge in [0.25, 0.3) is 0 Å². The van der Waals surface area contributed by atoms with Gasteiger partial charge in [0, 0.05) is 11.0 Å². The predicted molar refractivity (Wildman–Crippen MR) is 66.4 cm³/mol. The molecule has 1 aromatic heterocycles. The van der Waals surface area contributed by atoms with Crippen LogP contribution in [0.15, 0.2) is 18.3 Å². The Kier molecular flexibility index (Phi) is 3.89. The third kappa shape index (κ3) is 2.58. The van der Waals surface area contributed by atoms with Crippen molar-refractivity contribution in [1.82, 2.24) is 10.2 Å². The summed E-state index contributed by atoms with van der Waals surface area (Å²) in [6.07, 6.45) is 11.7. The van der Waals surface area contributed by atoms with Crippen LogP contribution in [0.25, 0.3) is 12.2 Å². The average Bonchev–Trinajstić information content (AvgIpc) is 2.68. The summed E-state index contributed by atoms with van der Waals surface area (Å²) < 4.78 is 0. The quantitative estimate of drug-likeness (QED) is 0.738. The van der Waals surface area contributed by atoms with Crippen LogP contribution in [0.3, 0.4) is 0 Å². The Bertz CT molecular complexity index is 330. The van der Waals surface area contributed by atoms with E-state index in [-0.39, 0.29) is 5.41 Å². The molecule has 0 aromatic carbocycles. The highest BCUT2D eigenvalue weighted by molar-refractivity contribution is 5.65. The Labute approximate surface area is 92.1 Å². The van der Waals surface area contributed by atoms with Gasteiger partial charge in [-0.25, -0.2) is 0 Å². The van der Waals surface area contributed by atoms with Crippen LogP contribution in [-0.4, -0.2) is 10.2 Å². The van der Waals surface area contributed by atoms with Crippen LogP contribution in [0, 0.1) is 5.41 Å². The van der Waals surface area contributed by atoms with E-state index in [0.29, 0.717) is 0 Å². The standard InChI is InChI=1S/C11H14N2.C2H6/c1-3-11(2)6-4-9-8-12-13-10(9)5-7-11;1-2/h4-8H,3H2,1-2H3,(H,12,13);1-2H3. The molecular weight excluding hydrogens is 184 g/mol. The summed E-state index contributed by atoms with van der Waals surface area (Å²) in [5.41, 5.74) is 2.47. The van der Waals surface area contributed by atoms with Crippen molar-refractivity contribution < 1.29 is 0 Å². The summed E-state index contributed by atoms with van der Waals surface area (Å²) in [5, 5.41) is 6.96. The van der Waals surface area contributed by atoms with E-state index < -0.39 is 0 Å². The Morgan fingerprint density at radius 3 is 2.60 bits per heavy atom. The second-order valence-electron chi connectivity index (χ2n) is 3.77. The first kappa shape index (κ1) is 11.8. The van der Waals surface area contributed by atoms with Gasteiger partial charge in [-0.3, -0.25) is 5.10 Å². The molecule has 2 heteroatoms. The van der Waals surface area contributed by atoms with Gasteiger partial charge in [-0.2, -0.15) is 5.10 Å². The fraction of sp³-hybridized carbons (Fsp3) is 0.462. The summed E-state index contributed by atoms with van der Waals surface area (Å²) >= 11 is 0. The van der Waals surface area contributed by atoms with Crippen LogP contribution >= 0.6 is 0 Å². The number of nitrogens with one attached hydrogen (secondary N) is 1. The van der Waals surface area contributed by atoms with Crippen molar-refractivity contribution in [3.8, 4) is 0 Å². The molecule has 0 aliphatic heterocycles. The Morgan fingerprint density at radius 1 is 1.27 bits per heavy atom. The van der Waals surface area contributed by atoms with Gasteiger partial charge >= 0.3 is 0 Å². The van der Waals surface area contributed by atoms with Crippen LogP contribution < -0.4 is 0 Å². The number of aromatic amines is 1. The van der Waals surface area contributed by atoms with Gasteiger partial charge in [-0.15, -0.1) is 0 Å². The van der Waals surface area contributed by atoms with Crippen molar-refractivity contribution in [2.24, 2.45) is 5.41 Å². The van der Waals surface area contributed by atoms with Crippen molar-refractivity contribution in [1.29, 1.82) is 0 Å². The number of rotatable bonds is 1. The normalized spacial score (nSPS) is 22.7. The van der Waals surface area contributed by atoms with E-state index >= 15 is 0 Å². The minimum Gasteiger partial charge on any atom is -0.278 e. The Balaban J connectivity index is 0.000000531. The molecule has 1 unspecified atom stereocenters. The molecule has 1 N–H and O–H groups in total. The molecule has 15 heavy (non-hydrogen) atoms. The third-order valence-corrected chi connectivity index (χ3v) is 2.74. The van der Waals surface area contributed by atoms with Gasteiger partial charge < -0.3 is 0 Å². The van der Waals surface area contributed by atoms with Crippen LogP contribution in [-0.2, 0) is 0 Å². The molecule has 0 fully saturated rings. The maximum atomic E-state index is 3.99. The van der Waals surface area contributed by atoms with E-state index in [0.717, 1.165) is 12.1 Å². The van der Waals surface area contributed by atoms with Gasteiger partial charge in [0.05, 0.1) is 11.9 Å². The first-order chi connectivity index (χ1) is 7.23. The smallest absolute Gasteiger partial charge is 0.0647 e. The molecule has 2 nitrogen and oxygen atoms in total. The molecule has 2 rings (SSSR count). The van der Waals surface area contributed by atoms with Gasteiger partial charge in [-0.1, -0.05) is 45.9 Å². The maximum Gasteiger partial charge on any atom is 0.0647 e. The topological polar surface area (TPSA) is 28.7 Å². The lowest BCUT2D eigenvalue weighted by Gasteiger charge is -2.17. The van der Waals surface area contributed by atoms with Gasteiger partial charge in [0.2, 0.25) is 0 Å². The Morgan fingerprint density at radius 2 is 1.93 bits per heavy atom. The zero-order valence-corrected chi connectivity index (χ0v) is 10.0. The molecular formula is C13H20N2. The highest BCUT2D eigenvalue weighted by Gasteiger charge is 2.16. The molecule has 1 aliphatic rings. The molecule has 82 valence electrons. The van der Waals surface area contributed by atoms with Crippen LogP contribution in [0.4, 0.5) is 0 Å². The Hall–Kier alpha value is -1.31. The van der Waals surface area contributed by atoms with Gasteiger partial charge in [0.15, 0.2) is 0 Å². The maximum absolute atomic E-state index is 3.99. The van der Waals surface area contributed by atoms with Crippen molar-refractivity contribution in [3.63, 3.8) is 0 Å². The highest BCUT2D eigenvalue weighted by atomic mass is 15.1. The number of nitrogens with zero attached hydrogens (tertiary/aromatic N) is 1. The van der Waals surface area contributed by atoms with E-state index in [1.54, 1.807) is 0 Å². The average molecular weight is 204 g/mol. The lowest BCUT2D eigenvalue weighted by atomic mass is 9.87. The van der Waals surface area contributed by atoms with Crippen molar-refractivity contribution in [2.45, 2.75) is 34.1 Å². The highest BCUT2D eigenvalue weighted by Crippen LogP contribution is 2.30. The van der Waals surface area contributed by atoms with Crippen LogP contribution in [0.2, 0.25) is 0 Å². The lowest BCUT2D eigenvalue weighted by Crippen LogP contribution is -2.05. The van der Waals surface area contributed by atoms with Crippen LogP contribution in [0.1, 0.15) is 45.4 Å². The number of hydrogen-bond donors (Lipinski definition) is 1. The summed E-state index contributed by atoms with van der Waals surface area (Å²) in [6.45, 7) is 8.44. The monoisotopic (exact) mass is 204 g/mol. The molecule has 0 bridgehead atoms.